The molecule has 2 aromatic heterocycles. The minimum absolute atomic E-state index is 0.0292. The zero-order valence-corrected chi connectivity index (χ0v) is 16.3. The molecular weight excluding hydrogens is 440 g/mol. The molecule has 3 rings (SSSR count). The third kappa shape index (κ3) is 5.16. The van der Waals surface area contributed by atoms with Crippen LogP contribution in [0.5, 0.6) is 5.88 Å². The lowest BCUT2D eigenvalue weighted by Gasteiger charge is -2.22. The minimum atomic E-state index is -4.81. The molecule has 0 unspecified atom stereocenters. The summed E-state index contributed by atoms with van der Waals surface area (Å²) in [5.41, 5.74) is -2.89. The van der Waals surface area contributed by atoms with Crippen LogP contribution < -0.4 is 10.1 Å². The molecule has 0 fully saturated rings. The molecule has 0 aliphatic carbocycles. The second-order valence-electron chi connectivity index (χ2n) is 6.53. The van der Waals surface area contributed by atoms with Gasteiger partial charge in [-0.05, 0) is 35.9 Å². The van der Waals surface area contributed by atoms with Crippen LogP contribution in [0.4, 0.5) is 26.3 Å². The standard InChI is InChI=1S/C21H15F6N3O2/c1-32-16-6-2-5-15(29-16)19(31)30-17(12-7-9-13(10-8-12)20(22,23)24)18-14(21(25,26)27)4-3-11-28-18/h2-11,17H,1H3,(H,30,31)/t17-/m0/s1. The quantitative estimate of drug-likeness (QED) is 0.548. The van der Waals surface area contributed by atoms with Crippen molar-refractivity contribution in [3.8, 4) is 5.88 Å². The van der Waals surface area contributed by atoms with Gasteiger partial charge in [0.1, 0.15) is 5.69 Å². The SMILES string of the molecule is COc1cccc(C(=O)N[C@@H](c2ccc(C(F)(F)F)cc2)c2ncccc2C(F)(F)F)n1. The summed E-state index contributed by atoms with van der Waals surface area (Å²) < 4.78 is 84.4. The number of carbonyl (C=O) groups excluding carboxylic acids is 1. The number of halogens is 6. The van der Waals surface area contributed by atoms with E-state index in [0.29, 0.717) is 12.1 Å². The third-order valence-electron chi connectivity index (χ3n) is 4.43. The molecule has 11 heteroatoms. The van der Waals surface area contributed by atoms with Gasteiger partial charge in [0.05, 0.1) is 30.0 Å². The Labute approximate surface area is 178 Å². The van der Waals surface area contributed by atoms with E-state index in [2.05, 4.69) is 15.3 Å². The van der Waals surface area contributed by atoms with Gasteiger partial charge in [-0.2, -0.15) is 26.3 Å². The summed E-state index contributed by atoms with van der Waals surface area (Å²) in [5, 5.41) is 2.39. The second kappa shape index (κ2) is 8.85. The fourth-order valence-corrected chi connectivity index (χ4v) is 2.92. The summed E-state index contributed by atoms with van der Waals surface area (Å²) in [5.74, 6) is -0.773. The average Bonchev–Trinajstić information content (AvgIpc) is 2.76. The maximum atomic E-state index is 13.6. The van der Waals surface area contributed by atoms with Gasteiger partial charge in [-0.15, -0.1) is 0 Å². The Hall–Kier alpha value is -3.63. The van der Waals surface area contributed by atoms with Crippen molar-refractivity contribution in [2.75, 3.05) is 7.11 Å². The zero-order chi connectivity index (χ0) is 23.5. The second-order valence-corrected chi connectivity index (χ2v) is 6.53. The normalized spacial score (nSPS) is 12.8. The van der Waals surface area contributed by atoms with Crippen LogP contribution in [-0.4, -0.2) is 23.0 Å². The van der Waals surface area contributed by atoms with Gasteiger partial charge in [-0.1, -0.05) is 18.2 Å². The van der Waals surface area contributed by atoms with E-state index in [1.54, 1.807) is 0 Å². The number of benzene rings is 1. The Morgan fingerprint density at radius 3 is 2.22 bits per heavy atom. The van der Waals surface area contributed by atoms with Gasteiger partial charge in [-0.25, -0.2) is 4.98 Å². The highest BCUT2D eigenvalue weighted by Crippen LogP contribution is 2.36. The predicted molar refractivity (Wildman–Crippen MR) is 101 cm³/mol. The van der Waals surface area contributed by atoms with Crippen molar-refractivity contribution in [2.24, 2.45) is 0 Å². The number of ether oxygens (including phenoxy) is 1. The summed E-state index contributed by atoms with van der Waals surface area (Å²) in [6.45, 7) is 0. The number of alkyl halides is 6. The van der Waals surface area contributed by atoms with Crippen molar-refractivity contribution in [3.63, 3.8) is 0 Å². The summed E-state index contributed by atoms with van der Waals surface area (Å²) in [4.78, 5) is 20.4. The summed E-state index contributed by atoms with van der Waals surface area (Å²) in [7, 11) is 1.32. The number of rotatable bonds is 5. The maximum Gasteiger partial charge on any atom is 0.418 e. The van der Waals surface area contributed by atoms with E-state index >= 15 is 0 Å². The van der Waals surface area contributed by atoms with E-state index in [0.717, 1.165) is 30.5 Å². The van der Waals surface area contributed by atoms with Gasteiger partial charge in [0.25, 0.3) is 5.91 Å². The molecular formula is C21H15F6N3O2. The summed E-state index contributed by atoms with van der Waals surface area (Å²) in [6, 6.07) is 7.98. The van der Waals surface area contributed by atoms with Crippen molar-refractivity contribution < 1.29 is 35.9 Å². The lowest BCUT2D eigenvalue weighted by molar-refractivity contribution is -0.139. The van der Waals surface area contributed by atoms with E-state index < -0.39 is 41.1 Å². The molecule has 0 aliphatic rings. The number of hydrogen-bond donors (Lipinski definition) is 1. The summed E-state index contributed by atoms with van der Waals surface area (Å²) in [6.07, 6.45) is -8.35. The van der Waals surface area contributed by atoms with Crippen molar-refractivity contribution in [3.05, 3.63) is 88.9 Å². The van der Waals surface area contributed by atoms with E-state index in [1.165, 1.54) is 25.3 Å². The molecule has 0 radical (unpaired) electrons. The van der Waals surface area contributed by atoms with E-state index in [1.807, 2.05) is 0 Å². The molecule has 0 saturated carbocycles. The molecule has 0 aliphatic heterocycles. The maximum absolute atomic E-state index is 13.6. The number of nitrogens with zero attached hydrogens (tertiary/aromatic N) is 2. The molecule has 1 N–H and O–H groups in total. The molecule has 5 nitrogen and oxygen atoms in total. The topological polar surface area (TPSA) is 64.1 Å². The highest BCUT2D eigenvalue weighted by atomic mass is 19.4. The van der Waals surface area contributed by atoms with Crippen molar-refractivity contribution in [1.29, 1.82) is 0 Å². The minimum Gasteiger partial charge on any atom is -0.481 e. The molecule has 0 bridgehead atoms. The van der Waals surface area contributed by atoms with Crippen LogP contribution >= 0.6 is 0 Å². The van der Waals surface area contributed by atoms with E-state index in [4.69, 9.17) is 4.74 Å². The fraction of sp³-hybridized carbons (Fsp3) is 0.190. The Kier molecular flexibility index (Phi) is 6.37. The number of nitrogens with one attached hydrogen (secondary N) is 1. The van der Waals surface area contributed by atoms with Crippen LogP contribution in [-0.2, 0) is 12.4 Å². The molecule has 3 aromatic rings. The lowest BCUT2D eigenvalue weighted by atomic mass is 9.97. The fourth-order valence-electron chi connectivity index (χ4n) is 2.92. The molecule has 1 amide bonds. The van der Waals surface area contributed by atoms with Crippen LogP contribution in [0.2, 0.25) is 0 Å². The van der Waals surface area contributed by atoms with Crippen LogP contribution in [0.25, 0.3) is 0 Å². The lowest BCUT2D eigenvalue weighted by Crippen LogP contribution is -2.32. The number of amides is 1. The third-order valence-corrected chi connectivity index (χ3v) is 4.43. The molecule has 0 saturated heterocycles. The van der Waals surface area contributed by atoms with Gasteiger partial charge < -0.3 is 10.1 Å². The van der Waals surface area contributed by atoms with Gasteiger partial charge in [0.2, 0.25) is 5.88 Å². The monoisotopic (exact) mass is 455 g/mol. The van der Waals surface area contributed by atoms with Crippen molar-refractivity contribution in [2.45, 2.75) is 18.4 Å². The van der Waals surface area contributed by atoms with Crippen LogP contribution in [0.15, 0.2) is 60.8 Å². The Morgan fingerprint density at radius 1 is 0.938 bits per heavy atom. The van der Waals surface area contributed by atoms with Gasteiger partial charge >= 0.3 is 12.4 Å². The predicted octanol–water partition coefficient (Wildman–Crippen LogP) is 5.04. The number of pyridine rings is 2. The molecule has 1 aromatic carbocycles. The number of methoxy groups -OCH3 is 1. The highest BCUT2D eigenvalue weighted by molar-refractivity contribution is 5.93. The van der Waals surface area contributed by atoms with Crippen LogP contribution in [0.3, 0.4) is 0 Å². The first-order valence-corrected chi connectivity index (χ1v) is 9.02. The molecule has 32 heavy (non-hydrogen) atoms. The number of carbonyl (C=O) groups is 1. The van der Waals surface area contributed by atoms with Gasteiger partial charge in [0.15, 0.2) is 0 Å². The Balaban J connectivity index is 2.07. The number of hydrogen-bond acceptors (Lipinski definition) is 4. The van der Waals surface area contributed by atoms with Crippen LogP contribution in [0.1, 0.15) is 38.9 Å². The smallest absolute Gasteiger partial charge is 0.418 e. The Morgan fingerprint density at radius 2 is 1.62 bits per heavy atom. The van der Waals surface area contributed by atoms with Crippen molar-refractivity contribution in [1.82, 2.24) is 15.3 Å². The van der Waals surface area contributed by atoms with E-state index in [9.17, 15) is 31.1 Å². The van der Waals surface area contributed by atoms with Gasteiger partial charge in [0, 0.05) is 12.3 Å². The summed E-state index contributed by atoms with van der Waals surface area (Å²) >= 11 is 0. The highest BCUT2D eigenvalue weighted by Gasteiger charge is 2.37. The first-order valence-electron chi connectivity index (χ1n) is 9.02. The van der Waals surface area contributed by atoms with Gasteiger partial charge in [-0.3, -0.25) is 9.78 Å². The first kappa shape index (κ1) is 23.0. The number of aromatic nitrogens is 2. The van der Waals surface area contributed by atoms with Crippen molar-refractivity contribution >= 4 is 5.91 Å². The zero-order valence-electron chi connectivity index (χ0n) is 16.3. The largest absolute Gasteiger partial charge is 0.481 e. The average molecular weight is 455 g/mol. The molecule has 168 valence electrons. The van der Waals surface area contributed by atoms with Crippen LogP contribution in [0, 0.1) is 0 Å². The first-order chi connectivity index (χ1) is 15.0. The molecule has 1 atom stereocenters. The Bertz CT molecular complexity index is 1100. The van der Waals surface area contributed by atoms with E-state index in [-0.39, 0.29) is 17.1 Å². The molecule has 2 heterocycles. The molecule has 0 spiro atoms.